The fraction of sp³-hybridized carbons (Fsp3) is 0. The van der Waals surface area contributed by atoms with Crippen LogP contribution in [0.2, 0.25) is 0 Å². The van der Waals surface area contributed by atoms with Gasteiger partial charge in [0.1, 0.15) is 11.6 Å². The van der Waals surface area contributed by atoms with Gasteiger partial charge >= 0.3 is 0 Å². The molecule has 1 heterocycles. The number of nitrogens with zero attached hydrogens (tertiary/aromatic N) is 2. The van der Waals surface area contributed by atoms with E-state index in [-0.39, 0.29) is 11.7 Å². The summed E-state index contributed by atoms with van der Waals surface area (Å²) in [6.07, 6.45) is 3.18. The Hall–Kier alpha value is -3.71. The first kappa shape index (κ1) is 19.6. The molecular formula is C23H16FN3O2S. The molecule has 3 aromatic carbocycles. The summed E-state index contributed by atoms with van der Waals surface area (Å²) >= 11 is 1.45. The smallest absolute Gasteiger partial charge is 0.255 e. The van der Waals surface area contributed by atoms with E-state index in [4.69, 9.17) is 4.74 Å². The quantitative estimate of drug-likeness (QED) is 0.429. The van der Waals surface area contributed by atoms with Crippen LogP contribution in [0.4, 0.5) is 10.1 Å². The van der Waals surface area contributed by atoms with E-state index < -0.39 is 0 Å². The minimum absolute atomic E-state index is 0.298. The molecule has 4 aromatic rings. The molecule has 0 radical (unpaired) electrons. The van der Waals surface area contributed by atoms with Crippen LogP contribution in [0.15, 0.2) is 101 Å². The van der Waals surface area contributed by atoms with E-state index >= 15 is 0 Å². The standard InChI is InChI=1S/C23H16FN3O2S/c24-17-8-10-18(11-9-17)27-21(28)16-6-12-19(13-7-16)29-22-23(26-15-14-25-22)30-20-4-2-1-3-5-20/h1-15H,(H,27,28). The highest BCUT2D eigenvalue weighted by Crippen LogP contribution is 2.33. The molecule has 0 bridgehead atoms. The van der Waals surface area contributed by atoms with Gasteiger partial charge in [-0.2, -0.15) is 0 Å². The number of nitrogens with one attached hydrogen (secondary N) is 1. The maximum absolute atomic E-state index is 13.0. The number of hydrogen-bond donors (Lipinski definition) is 1. The molecule has 1 N–H and O–H groups in total. The summed E-state index contributed by atoms with van der Waals surface area (Å²) in [5.41, 5.74) is 0.966. The summed E-state index contributed by atoms with van der Waals surface area (Å²) in [6.45, 7) is 0. The molecule has 0 fully saturated rings. The molecule has 0 aliphatic carbocycles. The average molecular weight is 417 g/mol. The lowest BCUT2D eigenvalue weighted by atomic mass is 10.2. The van der Waals surface area contributed by atoms with Gasteiger partial charge < -0.3 is 10.1 Å². The summed E-state index contributed by atoms with van der Waals surface area (Å²) in [6, 6.07) is 22.1. The highest BCUT2D eigenvalue weighted by molar-refractivity contribution is 7.99. The number of anilines is 1. The van der Waals surface area contributed by atoms with Crippen LogP contribution in [-0.2, 0) is 0 Å². The van der Waals surface area contributed by atoms with Gasteiger partial charge in [-0.3, -0.25) is 4.79 Å². The van der Waals surface area contributed by atoms with Crippen molar-refractivity contribution in [3.63, 3.8) is 0 Å². The highest BCUT2D eigenvalue weighted by Gasteiger charge is 2.11. The Morgan fingerprint density at radius 2 is 1.57 bits per heavy atom. The molecule has 30 heavy (non-hydrogen) atoms. The first-order valence-electron chi connectivity index (χ1n) is 9.06. The van der Waals surface area contributed by atoms with E-state index in [2.05, 4.69) is 15.3 Å². The van der Waals surface area contributed by atoms with E-state index in [9.17, 15) is 9.18 Å². The number of carbonyl (C=O) groups excluding carboxylic acids is 1. The average Bonchev–Trinajstić information content (AvgIpc) is 2.78. The summed E-state index contributed by atoms with van der Waals surface area (Å²) < 4.78 is 18.9. The summed E-state index contributed by atoms with van der Waals surface area (Å²) in [5.74, 6) is 0.259. The molecule has 7 heteroatoms. The van der Waals surface area contributed by atoms with Crippen molar-refractivity contribution in [3.8, 4) is 11.6 Å². The molecule has 0 saturated carbocycles. The van der Waals surface area contributed by atoms with Crippen LogP contribution < -0.4 is 10.1 Å². The Balaban J connectivity index is 1.45. The third-order valence-corrected chi connectivity index (χ3v) is 5.01. The van der Waals surface area contributed by atoms with Crippen molar-refractivity contribution in [1.29, 1.82) is 0 Å². The van der Waals surface area contributed by atoms with E-state index in [0.717, 1.165) is 4.90 Å². The number of rotatable bonds is 6. The normalized spacial score (nSPS) is 10.4. The van der Waals surface area contributed by atoms with Crippen molar-refractivity contribution in [2.45, 2.75) is 9.92 Å². The van der Waals surface area contributed by atoms with Gasteiger partial charge in [-0.15, -0.1) is 0 Å². The van der Waals surface area contributed by atoms with Crippen molar-refractivity contribution in [3.05, 3.63) is 103 Å². The van der Waals surface area contributed by atoms with Crippen LogP contribution in [0.25, 0.3) is 0 Å². The highest BCUT2D eigenvalue weighted by atomic mass is 32.2. The molecule has 0 atom stereocenters. The molecule has 0 saturated heterocycles. The van der Waals surface area contributed by atoms with Gasteiger partial charge in [0, 0.05) is 28.5 Å². The Morgan fingerprint density at radius 1 is 0.867 bits per heavy atom. The molecule has 1 amide bonds. The van der Waals surface area contributed by atoms with E-state index in [1.54, 1.807) is 36.7 Å². The van der Waals surface area contributed by atoms with Gasteiger partial charge in [-0.25, -0.2) is 14.4 Å². The topological polar surface area (TPSA) is 64.1 Å². The molecule has 5 nitrogen and oxygen atoms in total. The third kappa shape index (κ3) is 5.01. The molecule has 0 aliphatic heterocycles. The predicted octanol–water partition coefficient (Wildman–Crippen LogP) is 5.81. The van der Waals surface area contributed by atoms with Crippen molar-refractivity contribution < 1.29 is 13.9 Å². The zero-order chi connectivity index (χ0) is 20.8. The molecule has 0 spiro atoms. The molecule has 1 aromatic heterocycles. The first-order valence-corrected chi connectivity index (χ1v) is 9.88. The zero-order valence-electron chi connectivity index (χ0n) is 15.7. The van der Waals surface area contributed by atoms with E-state index in [1.807, 2.05) is 30.3 Å². The molecule has 148 valence electrons. The second kappa shape index (κ2) is 9.19. The van der Waals surface area contributed by atoms with Crippen molar-refractivity contribution in [2.75, 3.05) is 5.32 Å². The lowest BCUT2D eigenvalue weighted by molar-refractivity contribution is 0.102. The molecule has 4 rings (SSSR count). The zero-order valence-corrected chi connectivity index (χ0v) is 16.5. The third-order valence-electron chi connectivity index (χ3n) is 4.02. The second-order valence-electron chi connectivity index (χ2n) is 6.17. The fourth-order valence-corrected chi connectivity index (χ4v) is 3.39. The largest absolute Gasteiger partial charge is 0.437 e. The Morgan fingerprint density at radius 3 is 2.30 bits per heavy atom. The van der Waals surface area contributed by atoms with Crippen molar-refractivity contribution >= 4 is 23.4 Å². The number of hydrogen-bond acceptors (Lipinski definition) is 5. The second-order valence-corrected chi connectivity index (χ2v) is 7.23. The first-order chi connectivity index (χ1) is 14.7. The molecular weight excluding hydrogens is 401 g/mol. The fourth-order valence-electron chi connectivity index (χ4n) is 2.58. The number of amides is 1. The van der Waals surface area contributed by atoms with Crippen LogP contribution in [-0.4, -0.2) is 15.9 Å². The monoisotopic (exact) mass is 417 g/mol. The maximum atomic E-state index is 13.0. The summed E-state index contributed by atoms with van der Waals surface area (Å²) in [5, 5.41) is 3.36. The number of benzene rings is 3. The number of halogens is 1. The Labute approximate surface area is 177 Å². The Bertz CT molecular complexity index is 1140. The van der Waals surface area contributed by atoms with Crippen LogP contribution in [0.5, 0.6) is 11.6 Å². The van der Waals surface area contributed by atoms with Gasteiger partial charge in [0.25, 0.3) is 11.8 Å². The minimum atomic E-state index is -0.358. The van der Waals surface area contributed by atoms with Gasteiger partial charge in [0.2, 0.25) is 0 Å². The lowest BCUT2D eigenvalue weighted by Gasteiger charge is -2.09. The number of carbonyl (C=O) groups is 1. The van der Waals surface area contributed by atoms with Gasteiger partial charge in [-0.1, -0.05) is 30.0 Å². The van der Waals surface area contributed by atoms with Crippen LogP contribution in [0, 0.1) is 5.82 Å². The maximum Gasteiger partial charge on any atom is 0.255 e. The van der Waals surface area contributed by atoms with E-state index in [1.165, 1.54) is 36.0 Å². The minimum Gasteiger partial charge on any atom is -0.437 e. The van der Waals surface area contributed by atoms with Crippen molar-refractivity contribution in [2.24, 2.45) is 0 Å². The van der Waals surface area contributed by atoms with Gasteiger partial charge in [0.05, 0.1) is 0 Å². The summed E-state index contributed by atoms with van der Waals surface area (Å²) in [7, 11) is 0. The molecule has 0 aliphatic rings. The van der Waals surface area contributed by atoms with Crippen LogP contribution in [0.1, 0.15) is 10.4 Å². The lowest BCUT2D eigenvalue weighted by Crippen LogP contribution is -2.11. The SMILES string of the molecule is O=C(Nc1ccc(F)cc1)c1ccc(Oc2nccnc2Sc2ccccc2)cc1. The van der Waals surface area contributed by atoms with Gasteiger partial charge in [0.15, 0.2) is 5.03 Å². The number of aromatic nitrogens is 2. The van der Waals surface area contributed by atoms with Gasteiger partial charge in [-0.05, 0) is 60.7 Å². The predicted molar refractivity (Wildman–Crippen MR) is 113 cm³/mol. The molecule has 0 unspecified atom stereocenters. The number of ether oxygens (including phenoxy) is 1. The van der Waals surface area contributed by atoms with Crippen LogP contribution in [0.3, 0.4) is 0 Å². The Kier molecular flexibility index (Phi) is 6.01. The van der Waals surface area contributed by atoms with E-state index in [0.29, 0.717) is 27.9 Å². The van der Waals surface area contributed by atoms with Crippen LogP contribution >= 0.6 is 11.8 Å². The summed E-state index contributed by atoms with van der Waals surface area (Å²) in [4.78, 5) is 22.0. The van der Waals surface area contributed by atoms with Crippen molar-refractivity contribution in [1.82, 2.24) is 9.97 Å².